The molecule has 6 heteroatoms. The largest absolute Gasteiger partial charge is 0.310 e. The van der Waals surface area contributed by atoms with Gasteiger partial charge < -0.3 is 5.32 Å². The van der Waals surface area contributed by atoms with E-state index in [1.54, 1.807) is 6.07 Å². The van der Waals surface area contributed by atoms with Crippen LogP contribution in [0.2, 0.25) is 0 Å². The molecule has 0 bridgehead atoms. The lowest BCUT2D eigenvalue weighted by Crippen LogP contribution is -2.31. The van der Waals surface area contributed by atoms with E-state index in [0.29, 0.717) is 29.3 Å². The van der Waals surface area contributed by atoms with Gasteiger partial charge in [0.05, 0.1) is 0 Å². The quantitative estimate of drug-likeness (QED) is 0.812. The molecule has 1 aliphatic carbocycles. The molecule has 0 aliphatic heterocycles. The monoisotopic (exact) mass is 302 g/mol. The molecule has 4 nitrogen and oxygen atoms in total. The van der Waals surface area contributed by atoms with Crippen molar-refractivity contribution in [2.75, 3.05) is 6.54 Å². The second-order valence-corrected chi connectivity index (χ2v) is 8.36. The maximum atomic E-state index is 12.1. The highest BCUT2D eigenvalue weighted by molar-refractivity contribution is 7.91. The predicted octanol–water partition coefficient (Wildman–Crippen LogP) is 2.32. The Morgan fingerprint density at radius 1 is 1.42 bits per heavy atom. The Bertz CT molecular complexity index is 504. The van der Waals surface area contributed by atoms with Gasteiger partial charge in [-0.05, 0) is 35.8 Å². The number of thiophene rings is 1. The van der Waals surface area contributed by atoms with E-state index in [1.165, 1.54) is 17.8 Å². The van der Waals surface area contributed by atoms with Crippen molar-refractivity contribution in [3.8, 4) is 0 Å². The van der Waals surface area contributed by atoms with Gasteiger partial charge in [-0.3, -0.25) is 0 Å². The first-order valence-corrected chi connectivity index (χ1v) is 9.14. The van der Waals surface area contributed by atoms with Crippen molar-refractivity contribution in [2.45, 2.75) is 49.9 Å². The average molecular weight is 302 g/mol. The van der Waals surface area contributed by atoms with Crippen LogP contribution in [-0.4, -0.2) is 21.0 Å². The summed E-state index contributed by atoms with van der Waals surface area (Å²) in [5, 5.41) is 5.20. The lowest BCUT2D eigenvalue weighted by atomic mass is 9.86. The molecule has 2 N–H and O–H groups in total. The highest BCUT2D eigenvalue weighted by Gasteiger charge is 2.22. The first-order valence-electron chi connectivity index (χ1n) is 6.78. The minimum absolute atomic E-state index is 0.400. The Hall–Kier alpha value is -0.430. The Kier molecular flexibility index (Phi) is 5.00. The fraction of sp³-hybridized carbons (Fsp3) is 0.692. The second kappa shape index (κ2) is 6.35. The molecule has 108 valence electrons. The van der Waals surface area contributed by atoms with E-state index >= 15 is 0 Å². The van der Waals surface area contributed by atoms with Crippen LogP contribution in [0.5, 0.6) is 0 Å². The molecular weight excluding hydrogens is 280 g/mol. The van der Waals surface area contributed by atoms with E-state index in [1.807, 2.05) is 5.38 Å². The molecule has 1 saturated carbocycles. The van der Waals surface area contributed by atoms with Crippen LogP contribution in [0.3, 0.4) is 0 Å². The van der Waals surface area contributed by atoms with Crippen LogP contribution in [0.1, 0.15) is 38.7 Å². The highest BCUT2D eigenvalue weighted by atomic mass is 32.2. The maximum Gasteiger partial charge on any atom is 0.250 e. The van der Waals surface area contributed by atoms with Gasteiger partial charge in [0.1, 0.15) is 4.21 Å². The fourth-order valence-electron chi connectivity index (χ4n) is 1.90. The van der Waals surface area contributed by atoms with E-state index < -0.39 is 10.0 Å². The molecule has 1 aromatic heterocycles. The summed E-state index contributed by atoms with van der Waals surface area (Å²) in [7, 11) is -3.31. The number of sulfonamides is 1. The maximum absolute atomic E-state index is 12.1. The average Bonchev–Trinajstić information content (AvgIpc) is 2.73. The second-order valence-electron chi connectivity index (χ2n) is 5.46. The van der Waals surface area contributed by atoms with Crippen molar-refractivity contribution in [2.24, 2.45) is 5.92 Å². The standard InChI is InChI=1S/C13H22N2O2S2/c1-10(2)14-7-12-6-13(18-9-12)19(16,17)15-8-11-4-3-5-11/h6,9-11,14-15H,3-5,7-8H2,1-2H3. The molecule has 0 atom stereocenters. The molecule has 19 heavy (non-hydrogen) atoms. The van der Waals surface area contributed by atoms with Crippen LogP contribution >= 0.6 is 11.3 Å². The molecule has 0 saturated heterocycles. The SMILES string of the molecule is CC(C)NCc1csc(S(=O)(=O)NCC2CCC2)c1. The van der Waals surface area contributed by atoms with Crippen LogP contribution in [0.25, 0.3) is 0 Å². The zero-order chi connectivity index (χ0) is 13.9. The third-order valence-corrected chi connectivity index (χ3v) is 6.31. The van der Waals surface area contributed by atoms with Crippen LogP contribution in [0, 0.1) is 5.92 Å². The zero-order valence-electron chi connectivity index (χ0n) is 11.5. The summed E-state index contributed by atoms with van der Waals surface area (Å²) < 4.78 is 27.4. The van der Waals surface area contributed by atoms with Gasteiger partial charge >= 0.3 is 0 Å². The molecule has 0 radical (unpaired) electrons. The van der Waals surface area contributed by atoms with Gasteiger partial charge in [-0.25, -0.2) is 13.1 Å². The Labute approximate surface area is 119 Å². The third-order valence-electron chi connectivity index (χ3n) is 3.40. The summed E-state index contributed by atoms with van der Waals surface area (Å²) in [5.74, 6) is 0.539. The Morgan fingerprint density at radius 3 is 2.74 bits per heavy atom. The molecule has 0 spiro atoms. The fourth-order valence-corrected chi connectivity index (χ4v) is 4.27. The van der Waals surface area contributed by atoms with Gasteiger partial charge in [-0.1, -0.05) is 20.3 Å². The normalized spacial score (nSPS) is 16.8. The topological polar surface area (TPSA) is 58.2 Å². The van der Waals surface area contributed by atoms with Crippen LogP contribution in [-0.2, 0) is 16.6 Å². The van der Waals surface area contributed by atoms with Gasteiger partial charge in [0.15, 0.2) is 0 Å². The lowest BCUT2D eigenvalue weighted by Gasteiger charge is -2.25. The molecule has 0 aromatic carbocycles. The van der Waals surface area contributed by atoms with Crippen LogP contribution in [0.15, 0.2) is 15.7 Å². The van der Waals surface area contributed by atoms with Crippen molar-refractivity contribution >= 4 is 21.4 Å². The first-order chi connectivity index (χ1) is 8.97. The smallest absolute Gasteiger partial charge is 0.250 e. The molecular formula is C13H22N2O2S2. The minimum Gasteiger partial charge on any atom is -0.310 e. The van der Waals surface area contributed by atoms with Crippen molar-refractivity contribution in [1.82, 2.24) is 10.0 Å². The van der Waals surface area contributed by atoms with E-state index in [2.05, 4.69) is 23.9 Å². The third kappa shape index (κ3) is 4.27. The molecule has 1 heterocycles. The summed E-state index contributed by atoms with van der Waals surface area (Å²) in [6, 6.07) is 2.17. The summed E-state index contributed by atoms with van der Waals surface area (Å²) in [4.78, 5) is 0. The Morgan fingerprint density at radius 2 is 2.16 bits per heavy atom. The first kappa shape index (κ1) is 15.0. The van der Waals surface area contributed by atoms with Gasteiger partial charge in [0, 0.05) is 19.1 Å². The summed E-state index contributed by atoms with van der Waals surface area (Å²) >= 11 is 1.29. The summed E-state index contributed by atoms with van der Waals surface area (Å²) in [6.07, 6.45) is 3.53. The minimum atomic E-state index is -3.31. The highest BCUT2D eigenvalue weighted by Crippen LogP contribution is 2.26. The zero-order valence-corrected chi connectivity index (χ0v) is 13.1. The molecule has 0 amide bonds. The van der Waals surface area contributed by atoms with Crippen LogP contribution in [0.4, 0.5) is 0 Å². The number of hydrogen-bond acceptors (Lipinski definition) is 4. The Balaban J connectivity index is 1.91. The summed E-state index contributed by atoms with van der Waals surface area (Å²) in [5.41, 5.74) is 1.03. The van der Waals surface area contributed by atoms with E-state index in [0.717, 1.165) is 18.4 Å². The van der Waals surface area contributed by atoms with Crippen molar-refractivity contribution in [1.29, 1.82) is 0 Å². The van der Waals surface area contributed by atoms with Crippen molar-refractivity contribution in [3.63, 3.8) is 0 Å². The lowest BCUT2D eigenvalue weighted by molar-refractivity contribution is 0.316. The molecule has 1 fully saturated rings. The molecule has 0 unspecified atom stereocenters. The number of rotatable bonds is 7. The van der Waals surface area contributed by atoms with Gasteiger partial charge in [-0.2, -0.15) is 0 Å². The van der Waals surface area contributed by atoms with Gasteiger partial charge in [0.25, 0.3) is 0 Å². The number of hydrogen-bond donors (Lipinski definition) is 2. The van der Waals surface area contributed by atoms with E-state index in [9.17, 15) is 8.42 Å². The van der Waals surface area contributed by atoms with Crippen molar-refractivity contribution in [3.05, 3.63) is 17.0 Å². The summed E-state index contributed by atoms with van der Waals surface area (Å²) in [6.45, 7) is 5.44. The van der Waals surface area contributed by atoms with Crippen LogP contribution < -0.4 is 10.0 Å². The van der Waals surface area contributed by atoms with Gasteiger partial charge in [0.2, 0.25) is 10.0 Å². The molecule has 1 aliphatic rings. The molecule has 1 aromatic rings. The van der Waals surface area contributed by atoms with E-state index in [4.69, 9.17) is 0 Å². The van der Waals surface area contributed by atoms with E-state index in [-0.39, 0.29) is 0 Å². The van der Waals surface area contributed by atoms with Gasteiger partial charge in [-0.15, -0.1) is 11.3 Å². The number of nitrogens with one attached hydrogen (secondary N) is 2. The van der Waals surface area contributed by atoms with Crippen molar-refractivity contribution < 1.29 is 8.42 Å². The predicted molar refractivity (Wildman–Crippen MR) is 78.8 cm³/mol. The molecule has 2 rings (SSSR count).